The second kappa shape index (κ2) is 5.85. The third kappa shape index (κ3) is 2.93. The van der Waals surface area contributed by atoms with Crippen LogP contribution in [-0.2, 0) is 16.8 Å². The molecule has 0 amide bonds. The van der Waals surface area contributed by atoms with Crippen molar-refractivity contribution in [2.75, 3.05) is 7.11 Å². The molecule has 2 rings (SSSR count). The molecular weight excluding hydrogens is 224 g/mol. The first-order valence-electron chi connectivity index (χ1n) is 7.02. The van der Waals surface area contributed by atoms with Gasteiger partial charge in [-0.25, -0.2) is 0 Å². The lowest BCUT2D eigenvalue weighted by molar-refractivity contribution is -0.0631. The first-order chi connectivity index (χ1) is 8.68. The van der Waals surface area contributed by atoms with E-state index in [-0.39, 0.29) is 6.10 Å². The SMILES string of the molecule is CCCc1ccc(C2(O)CCCC(OC)C2)cc1. The Hall–Kier alpha value is -0.860. The quantitative estimate of drug-likeness (QED) is 0.884. The molecule has 1 N–H and O–H groups in total. The van der Waals surface area contributed by atoms with Gasteiger partial charge in [-0.2, -0.15) is 0 Å². The van der Waals surface area contributed by atoms with E-state index in [1.807, 2.05) is 0 Å². The van der Waals surface area contributed by atoms with Gasteiger partial charge in [-0.15, -0.1) is 0 Å². The third-order valence-electron chi connectivity index (χ3n) is 4.05. The third-order valence-corrected chi connectivity index (χ3v) is 4.05. The van der Waals surface area contributed by atoms with Crippen LogP contribution in [-0.4, -0.2) is 18.3 Å². The smallest absolute Gasteiger partial charge is 0.0921 e. The molecule has 18 heavy (non-hydrogen) atoms. The molecule has 2 atom stereocenters. The van der Waals surface area contributed by atoms with Gasteiger partial charge in [0.1, 0.15) is 0 Å². The fourth-order valence-corrected chi connectivity index (χ4v) is 2.94. The zero-order valence-electron chi connectivity index (χ0n) is 11.5. The van der Waals surface area contributed by atoms with E-state index >= 15 is 0 Å². The van der Waals surface area contributed by atoms with Gasteiger partial charge in [0.25, 0.3) is 0 Å². The summed E-state index contributed by atoms with van der Waals surface area (Å²) in [5, 5.41) is 10.8. The monoisotopic (exact) mass is 248 g/mol. The topological polar surface area (TPSA) is 29.5 Å². The van der Waals surface area contributed by atoms with Gasteiger partial charge in [0.2, 0.25) is 0 Å². The minimum atomic E-state index is -0.691. The summed E-state index contributed by atoms with van der Waals surface area (Å²) in [5.41, 5.74) is 1.71. The van der Waals surface area contributed by atoms with Crippen molar-refractivity contribution < 1.29 is 9.84 Å². The van der Waals surface area contributed by atoms with Gasteiger partial charge in [-0.05, 0) is 36.8 Å². The molecule has 2 unspecified atom stereocenters. The Balaban J connectivity index is 2.13. The number of aliphatic hydroxyl groups is 1. The van der Waals surface area contributed by atoms with Crippen molar-refractivity contribution in [1.82, 2.24) is 0 Å². The predicted octanol–water partition coefficient (Wildman–Crippen LogP) is 3.42. The van der Waals surface area contributed by atoms with Crippen LogP contribution >= 0.6 is 0 Å². The van der Waals surface area contributed by atoms with Crippen LogP contribution in [0.5, 0.6) is 0 Å². The van der Waals surface area contributed by atoms with Crippen molar-refractivity contribution in [1.29, 1.82) is 0 Å². The van der Waals surface area contributed by atoms with E-state index in [0.717, 1.165) is 44.1 Å². The van der Waals surface area contributed by atoms with Crippen molar-refractivity contribution in [3.05, 3.63) is 35.4 Å². The Labute approximate surface area is 110 Å². The van der Waals surface area contributed by atoms with Gasteiger partial charge in [-0.1, -0.05) is 37.6 Å². The maximum absolute atomic E-state index is 10.8. The summed E-state index contributed by atoms with van der Waals surface area (Å²) in [6.45, 7) is 2.19. The van der Waals surface area contributed by atoms with Crippen LogP contribution in [0.15, 0.2) is 24.3 Å². The largest absolute Gasteiger partial charge is 0.385 e. The first kappa shape index (κ1) is 13.6. The van der Waals surface area contributed by atoms with Crippen molar-refractivity contribution in [2.24, 2.45) is 0 Å². The number of hydrogen-bond acceptors (Lipinski definition) is 2. The fourth-order valence-electron chi connectivity index (χ4n) is 2.94. The lowest BCUT2D eigenvalue weighted by Crippen LogP contribution is -2.35. The summed E-state index contributed by atoms with van der Waals surface area (Å²) in [7, 11) is 1.74. The highest BCUT2D eigenvalue weighted by molar-refractivity contribution is 5.28. The molecule has 0 aromatic heterocycles. The second-order valence-corrected chi connectivity index (χ2v) is 5.43. The predicted molar refractivity (Wildman–Crippen MR) is 73.6 cm³/mol. The van der Waals surface area contributed by atoms with E-state index in [4.69, 9.17) is 4.74 Å². The molecule has 1 aromatic rings. The Morgan fingerprint density at radius 3 is 2.67 bits per heavy atom. The Morgan fingerprint density at radius 1 is 1.33 bits per heavy atom. The number of hydrogen-bond donors (Lipinski definition) is 1. The molecule has 0 heterocycles. The molecular formula is C16H24O2. The minimum Gasteiger partial charge on any atom is -0.385 e. The van der Waals surface area contributed by atoms with E-state index in [2.05, 4.69) is 31.2 Å². The molecule has 100 valence electrons. The Bertz CT molecular complexity index is 371. The molecule has 1 fully saturated rings. The van der Waals surface area contributed by atoms with Crippen LogP contribution in [0.4, 0.5) is 0 Å². The number of rotatable bonds is 4. The summed E-state index contributed by atoms with van der Waals surface area (Å²) in [6, 6.07) is 8.46. The van der Waals surface area contributed by atoms with E-state index < -0.39 is 5.60 Å². The van der Waals surface area contributed by atoms with Crippen molar-refractivity contribution in [3.8, 4) is 0 Å². The van der Waals surface area contributed by atoms with E-state index in [9.17, 15) is 5.11 Å². The normalized spacial score (nSPS) is 28.3. The zero-order chi connectivity index (χ0) is 13.0. The van der Waals surface area contributed by atoms with Gasteiger partial charge in [0.15, 0.2) is 0 Å². The van der Waals surface area contributed by atoms with Crippen molar-refractivity contribution >= 4 is 0 Å². The maximum atomic E-state index is 10.8. The van der Waals surface area contributed by atoms with Crippen LogP contribution in [0.3, 0.4) is 0 Å². The number of aryl methyl sites for hydroxylation is 1. The average molecular weight is 248 g/mol. The minimum absolute atomic E-state index is 0.194. The number of benzene rings is 1. The fraction of sp³-hybridized carbons (Fsp3) is 0.625. The van der Waals surface area contributed by atoms with Crippen molar-refractivity contribution in [2.45, 2.75) is 57.2 Å². The van der Waals surface area contributed by atoms with E-state index in [1.165, 1.54) is 5.56 Å². The summed E-state index contributed by atoms with van der Waals surface area (Å²) in [5.74, 6) is 0. The Kier molecular flexibility index (Phi) is 4.41. The molecule has 2 heteroatoms. The number of methoxy groups -OCH3 is 1. The molecule has 0 spiro atoms. The highest BCUT2D eigenvalue weighted by Gasteiger charge is 2.35. The highest BCUT2D eigenvalue weighted by atomic mass is 16.5. The standard InChI is InChI=1S/C16H24O2/c1-3-5-13-7-9-14(10-8-13)16(17)11-4-6-15(12-16)18-2/h7-10,15,17H,3-6,11-12H2,1-2H3. The molecule has 0 bridgehead atoms. The summed E-state index contributed by atoms with van der Waals surface area (Å²) in [6.07, 6.45) is 6.13. The van der Waals surface area contributed by atoms with Gasteiger partial charge in [-0.3, -0.25) is 0 Å². The molecule has 1 aliphatic rings. The molecule has 1 saturated carbocycles. The summed E-state index contributed by atoms with van der Waals surface area (Å²) in [4.78, 5) is 0. The van der Waals surface area contributed by atoms with E-state index in [1.54, 1.807) is 7.11 Å². The first-order valence-corrected chi connectivity index (χ1v) is 7.02. The van der Waals surface area contributed by atoms with Gasteiger partial charge < -0.3 is 9.84 Å². The van der Waals surface area contributed by atoms with Crippen LogP contribution in [0.1, 0.15) is 50.2 Å². The van der Waals surface area contributed by atoms with Crippen LogP contribution < -0.4 is 0 Å². The summed E-state index contributed by atoms with van der Waals surface area (Å²) >= 11 is 0. The van der Waals surface area contributed by atoms with Gasteiger partial charge >= 0.3 is 0 Å². The molecule has 0 saturated heterocycles. The van der Waals surface area contributed by atoms with Gasteiger partial charge in [0.05, 0.1) is 11.7 Å². The highest BCUT2D eigenvalue weighted by Crippen LogP contribution is 2.38. The Morgan fingerprint density at radius 2 is 2.06 bits per heavy atom. The van der Waals surface area contributed by atoms with Crippen LogP contribution in [0.2, 0.25) is 0 Å². The summed E-state index contributed by atoms with van der Waals surface area (Å²) < 4.78 is 5.41. The van der Waals surface area contributed by atoms with Gasteiger partial charge in [0, 0.05) is 13.5 Å². The maximum Gasteiger partial charge on any atom is 0.0921 e. The average Bonchev–Trinajstić information content (AvgIpc) is 2.40. The lowest BCUT2D eigenvalue weighted by atomic mass is 9.78. The zero-order valence-corrected chi connectivity index (χ0v) is 11.5. The lowest BCUT2D eigenvalue weighted by Gasteiger charge is -2.36. The molecule has 2 nitrogen and oxygen atoms in total. The van der Waals surface area contributed by atoms with Crippen LogP contribution in [0, 0.1) is 0 Å². The second-order valence-electron chi connectivity index (χ2n) is 5.43. The molecule has 1 aliphatic carbocycles. The molecule has 0 aliphatic heterocycles. The molecule has 0 radical (unpaired) electrons. The van der Waals surface area contributed by atoms with E-state index in [0.29, 0.717) is 0 Å². The van der Waals surface area contributed by atoms with Crippen molar-refractivity contribution in [3.63, 3.8) is 0 Å². The number of ether oxygens (including phenoxy) is 1. The molecule has 1 aromatic carbocycles. The van der Waals surface area contributed by atoms with Crippen LogP contribution in [0.25, 0.3) is 0 Å².